The SMILES string of the molecule is Cc1ccc(C)c(-n2c(-c3ccccc3)nc(C)c2C)c1. The lowest BCUT2D eigenvalue weighted by Gasteiger charge is -2.14. The zero-order valence-electron chi connectivity index (χ0n) is 13.0. The van der Waals surface area contributed by atoms with E-state index < -0.39 is 0 Å². The largest absolute Gasteiger partial charge is 0.297 e. The number of hydrogen-bond donors (Lipinski definition) is 0. The summed E-state index contributed by atoms with van der Waals surface area (Å²) < 4.78 is 2.27. The summed E-state index contributed by atoms with van der Waals surface area (Å²) in [5.41, 5.74) is 7.16. The van der Waals surface area contributed by atoms with E-state index in [0.29, 0.717) is 0 Å². The maximum atomic E-state index is 4.79. The zero-order chi connectivity index (χ0) is 15.0. The molecule has 0 aliphatic heterocycles. The van der Waals surface area contributed by atoms with Gasteiger partial charge in [-0.1, -0.05) is 42.5 Å². The second-order valence-electron chi connectivity index (χ2n) is 5.60. The summed E-state index contributed by atoms with van der Waals surface area (Å²) in [4.78, 5) is 4.79. The first kappa shape index (κ1) is 13.6. The topological polar surface area (TPSA) is 17.8 Å². The third-order valence-electron chi connectivity index (χ3n) is 3.98. The number of aromatic nitrogens is 2. The molecule has 0 bridgehead atoms. The van der Waals surface area contributed by atoms with Crippen molar-refractivity contribution in [3.8, 4) is 17.1 Å². The third kappa shape index (κ3) is 2.38. The highest BCUT2D eigenvalue weighted by Gasteiger charge is 2.15. The third-order valence-corrected chi connectivity index (χ3v) is 3.98. The molecule has 0 aliphatic rings. The van der Waals surface area contributed by atoms with Crippen LogP contribution in [0.3, 0.4) is 0 Å². The van der Waals surface area contributed by atoms with Crippen molar-refractivity contribution in [3.05, 3.63) is 71.0 Å². The lowest BCUT2D eigenvalue weighted by molar-refractivity contribution is 0.993. The highest BCUT2D eigenvalue weighted by molar-refractivity contribution is 5.62. The fourth-order valence-electron chi connectivity index (χ4n) is 2.65. The van der Waals surface area contributed by atoms with Crippen LogP contribution in [-0.2, 0) is 0 Å². The summed E-state index contributed by atoms with van der Waals surface area (Å²) in [6.45, 7) is 8.49. The zero-order valence-corrected chi connectivity index (χ0v) is 13.0. The van der Waals surface area contributed by atoms with Crippen LogP contribution in [0.1, 0.15) is 22.5 Å². The van der Waals surface area contributed by atoms with E-state index in [1.165, 1.54) is 22.5 Å². The number of rotatable bonds is 2. The molecule has 0 aliphatic carbocycles. The van der Waals surface area contributed by atoms with Gasteiger partial charge in [0.25, 0.3) is 0 Å². The molecule has 0 N–H and O–H groups in total. The van der Waals surface area contributed by atoms with Crippen molar-refractivity contribution in [2.45, 2.75) is 27.7 Å². The number of imidazole rings is 1. The van der Waals surface area contributed by atoms with Gasteiger partial charge in [0, 0.05) is 11.3 Å². The van der Waals surface area contributed by atoms with Crippen LogP contribution in [0.5, 0.6) is 0 Å². The van der Waals surface area contributed by atoms with Crippen LogP contribution in [0, 0.1) is 27.7 Å². The maximum absolute atomic E-state index is 4.79. The molecule has 0 atom stereocenters. The Morgan fingerprint density at radius 2 is 1.57 bits per heavy atom. The molecule has 2 heteroatoms. The van der Waals surface area contributed by atoms with Gasteiger partial charge < -0.3 is 0 Å². The van der Waals surface area contributed by atoms with Gasteiger partial charge in [0.2, 0.25) is 0 Å². The number of aryl methyl sites for hydroxylation is 3. The molecule has 3 aromatic rings. The van der Waals surface area contributed by atoms with E-state index in [9.17, 15) is 0 Å². The van der Waals surface area contributed by atoms with Crippen molar-refractivity contribution in [1.29, 1.82) is 0 Å². The minimum atomic E-state index is 1.01. The van der Waals surface area contributed by atoms with E-state index >= 15 is 0 Å². The van der Waals surface area contributed by atoms with E-state index in [1.54, 1.807) is 0 Å². The lowest BCUT2D eigenvalue weighted by Crippen LogP contribution is -2.02. The van der Waals surface area contributed by atoms with Crippen LogP contribution in [0.2, 0.25) is 0 Å². The second kappa shape index (κ2) is 5.21. The van der Waals surface area contributed by atoms with E-state index in [1.807, 2.05) is 6.07 Å². The molecule has 0 fully saturated rings. The van der Waals surface area contributed by atoms with E-state index in [-0.39, 0.29) is 0 Å². The Labute approximate surface area is 126 Å². The highest BCUT2D eigenvalue weighted by Crippen LogP contribution is 2.28. The Morgan fingerprint density at radius 1 is 0.857 bits per heavy atom. The summed E-state index contributed by atoms with van der Waals surface area (Å²) in [5.74, 6) is 1.01. The van der Waals surface area contributed by atoms with Gasteiger partial charge in [-0.2, -0.15) is 0 Å². The Hall–Kier alpha value is -2.35. The van der Waals surface area contributed by atoms with Crippen molar-refractivity contribution < 1.29 is 0 Å². The molecule has 0 radical (unpaired) electrons. The minimum absolute atomic E-state index is 1.01. The van der Waals surface area contributed by atoms with Gasteiger partial charge in [-0.3, -0.25) is 4.57 Å². The molecule has 0 saturated heterocycles. The fourth-order valence-corrected chi connectivity index (χ4v) is 2.65. The molecule has 0 spiro atoms. The van der Waals surface area contributed by atoms with Crippen LogP contribution in [0.15, 0.2) is 48.5 Å². The molecular formula is C19H20N2. The first-order chi connectivity index (χ1) is 10.1. The minimum Gasteiger partial charge on any atom is -0.297 e. The van der Waals surface area contributed by atoms with Gasteiger partial charge in [0.05, 0.1) is 11.4 Å². The monoisotopic (exact) mass is 276 g/mol. The molecule has 21 heavy (non-hydrogen) atoms. The molecular weight excluding hydrogens is 256 g/mol. The summed E-state index contributed by atoms with van der Waals surface area (Å²) in [6.07, 6.45) is 0. The van der Waals surface area contributed by atoms with Crippen molar-refractivity contribution in [2.24, 2.45) is 0 Å². The van der Waals surface area contributed by atoms with Crippen molar-refractivity contribution >= 4 is 0 Å². The summed E-state index contributed by atoms with van der Waals surface area (Å²) in [6, 6.07) is 16.9. The van der Waals surface area contributed by atoms with Crippen LogP contribution in [-0.4, -0.2) is 9.55 Å². The Balaban J connectivity index is 2.30. The van der Waals surface area contributed by atoms with Crippen molar-refractivity contribution in [3.63, 3.8) is 0 Å². The molecule has 3 rings (SSSR count). The van der Waals surface area contributed by atoms with Gasteiger partial charge in [-0.25, -0.2) is 4.98 Å². The summed E-state index contributed by atoms with van der Waals surface area (Å²) >= 11 is 0. The molecule has 2 aromatic carbocycles. The molecule has 0 amide bonds. The second-order valence-corrected chi connectivity index (χ2v) is 5.60. The molecule has 1 aromatic heterocycles. The molecule has 2 nitrogen and oxygen atoms in total. The summed E-state index contributed by atoms with van der Waals surface area (Å²) in [7, 11) is 0. The van der Waals surface area contributed by atoms with Gasteiger partial charge in [0.15, 0.2) is 0 Å². The van der Waals surface area contributed by atoms with Crippen molar-refractivity contribution in [2.75, 3.05) is 0 Å². The van der Waals surface area contributed by atoms with Crippen LogP contribution >= 0.6 is 0 Å². The first-order valence-electron chi connectivity index (χ1n) is 7.27. The maximum Gasteiger partial charge on any atom is 0.145 e. The molecule has 0 unspecified atom stereocenters. The van der Waals surface area contributed by atoms with E-state index in [4.69, 9.17) is 4.98 Å². The fraction of sp³-hybridized carbons (Fsp3) is 0.211. The average Bonchev–Trinajstić information content (AvgIpc) is 2.79. The van der Waals surface area contributed by atoms with Gasteiger partial charge in [0.1, 0.15) is 5.82 Å². The molecule has 0 saturated carbocycles. The van der Waals surface area contributed by atoms with E-state index in [2.05, 4.69) is 74.7 Å². The quantitative estimate of drug-likeness (QED) is 0.659. The Bertz CT molecular complexity index is 783. The smallest absolute Gasteiger partial charge is 0.145 e. The predicted molar refractivity (Wildman–Crippen MR) is 87.9 cm³/mol. The normalized spacial score (nSPS) is 10.9. The first-order valence-corrected chi connectivity index (χ1v) is 7.27. The van der Waals surface area contributed by atoms with Gasteiger partial charge in [-0.15, -0.1) is 0 Å². The number of hydrogen-bond acceptors (Lipinski definition) is 1. The number of nitrogens with zero attached hydrogens (tertiary/aromatic N) is 2. The highest BCUT2D eigenvalue weighted by atomic mass is 15.1. The van der Waals surface area contributed by atoms with Crippen LogP contribution < -0.4 is 0 Å². The predicted octanol–water partition coefficient (Wildman–Crippen LogP) is 4.77. The Kier molecular flexibility index (Phi) is 3.38. The molecule has 106 valence electrons. The van der Waals surface area contributed by atoms with Crippen LogP contribution in [0.4, 0.5) is 0 Å². The average molecular weight is 276 g/mol. The Morgan fingerprint density at radius 3 is 2.29 bits per heavy atom. The summed E-state index contributed by atoms with van der Waals surface area (Å²) in [5, 5.41) is 0. The van der Waals surface area contributed by atoms with Crippen molar-refractivity contribution in [1.82, 2.24) is 9.55 Å². The van der Waals surface area contributed by atoms with Gasteiger partial charge in [-0.05, 0) is 44.9 Å². The van der Waals surface area contributed by atoms with Crippen LogP contribution in [0.25, 0.3) is 17.1 Å². The molecule has 1 heterocycles. The lowest BCUT2D eigenvalue weighted by atomic mass is 10.1. The van der Waals surface area contributed by atoms with Gasteiger partial charge >= 0.3 is 0 Å². The van der Waals surface area contributed by atoms with E-state index in [0.717, 1.165) is 17.1 Å². The number of benzene rings is 2. The standard InChI is InChI=1S/C19H20N2/c1-13-10-11-14(2)18(12-13)21-16(4)15(3)20-19(21)17-8-6-5-7-9-17/h5-12H,1-4H3.